The van der Waals surface area contributed by atoms with Crippen molar-refractivity contribution in [3.05, 3.63) is 32.9 Å². The first kappa shape index (κ1) is 7.55. The highest BCUT2D eigenvalue weighted by atomic mass is 127. The molecule has 1 aromatic rings. The van der Waals surface area contributed by atoms with Gasteiger partial charge in [-0.15, -0.1) is 0 Å². The summed E-state index contributed by atoms with van der Waals surface area (Å²) in [5.41, 5.74) is 2.91. The average molecular weight is 258 g/mol. The van der Waals surface area contributed by atoms with Crippen LogP contribution in [0.3, 0.4) is 0 Å². The van der Waals surface area contributed by atoms with Gasteiger partial charge in [-0.25, -0.2) is 5.32 Å². The van der Waals surface area contributed by atoms with Gasteiger partial charge in [0.2, 0.25) is 0 Å². The highest BCUT2D eigenvalue weighted by Crippen LogP contribution is 2.17. The molecular weight excluding hydrogens is 249 g/mol. The molecule has 0 amide bonds. The number of rotatable bonds is 0. The van der Waals surface area contributed by atoms with Crippen molar-refractivity contribution >= 4 is 22.6 Å². The van der Waals surface area contributed by atoms with Gasteiger partial charge < -0.3 is 0 Å². The molecule has 1 aromatic carbocycles. The summed E-state index contributed by atoms with van der Waals surface area (Å²) in [6, 6.07) is 6.62. The van der Waals surface area contributed by atoms with E-state index in [2.05, 4.69) is 46.1 Å². The van der Waals surface area contributed by atoms with E-state index in [9.17, 15) is 0 Å². The molecule has 1 radical (unpaired) electrons. The lowest BCUT2D eigenvalue weighted by atomic mass is 10.0. The zero-order valence-corrected chi connectivity index (χ0v) is 8.34. The lowest BCUT2D eigenvalue weighted by Gasteiger charge is -2.15. The predicted octanol–water partition coefficient (Wildman–Crippen LogP) is 1.95. The quantitative estimate of drug-likeness (QED) is 0.631. The molecule has 0 spiro atoms. The maximum Gasteiger partial charge on any atom is 0.0387 e. The standard InChI is InChI=1S/C9H9IN/c10-9-2-1-8-6-11-4-3-7(8)5-9/h1-2,5H,3-4,6H2. The molecule has 57 valence electrons. The lowest BCUT2D eigenvalue weighted by Crippen LogP contribution is -2.17. The van der Waals surface area contributed by atoms with Gasteiger partial charge >= 0.3 is 0 Å². The van der Waals surface area contributed by atoms with Gasteiger partial charge in [0.15, 0.2) is 0 Å². The van der Waals surface area contributed by atoms with Gasteiger partial charge in [0, 0.05) is 16.7 Å². The molecule has 0 bridgehead atoms. The fraction of sp³-hybridized carbons (Fsp3) is 0.333. The van der Waals surface area contributed by atoms with Crippen molar-refractivity contribution in [1.29, 1.82) is 0 Å². The Labute approximate surface area is 80.3 Å². The molecule has 0 fully saturated rings. The first-order valence-corrected chi connectivity index (χ1v) is 4.85. The fourth-order valence-electron chi connectivity index (χ4n) is 1.38. The van der Waals surface area contributed by atoms with Crippen molar-refractivity contribution in [2.24, 2.45) is 0 Å². The minimum absolute atomic E-state index is 0.923. The van der Waals surface area contributed by atoms with E-state index in [0.717, 1.165) is 19.5 Å². The van der Waals surface area contributed by atoms with Crippen molar-refractivity contribution in [1.82, 2.24) is 5.32 Å². The summed E-state index contributed by atoms with van der Waals surface area (Å²) in [6.07, 6.45) is 1.13. The molecule has 0 saturated carbocycles. The first-order valence-electron chi connectivity index (χ1n) is 3.77. The monoisotopic (exact) mass is 258 g/mol. The molecule has 1 nitrogen and oxygen atoms in total. The van der Waals surface area contributed by atoms with E-state index in [-0.39, 0.29) is 0 Å². The van der Waals surface area contributed by atoms with Gasteiger partial charge in [-0.1, -0.05) is 6.07 Å². The van der Waals surface area contributed by atoms with Crippen molar-refractivity contribution < 1.29 is 0 Å². The van der Waals surface area contributed by atoms with Gasteiger partial charge in [0.05, 0.1) is 0 Å². The maximum absolute atomic E-state index is 4.35. The van der Waals surface area contributed by atoms with E-state index < -0.39 is 0 Å². The molecule has 0 saturated heterocycles. The largest absolute Gasteiger partial charge is 0.237 e. The number of halogens is 1. The summed E-state index contributed by atoms with van der Waals surface area (Å²) >= 11 is 2.36. The van der Waals surface area contributed by atoms with Crippen molar-refractivity contribution in [2.45, 2.75) is 13.0 Å². The summed E-state index contributed by atoms with van der Waals surface area (Å²) in [7, 11) is 0. The van der Waals surface area contributed by atoms with Crippen molar-refractivity contribution in [2.75, 3.05) is 6.54 Å². The number of hydrogen-bond acceptors (Lipinski definition) is 0. The Kier molecular flexibility index (Phi) is 2.13. The van der Waals surface area contributed by atoms with Crippen molar-refractivity contribution in [3.63, 3.8) is 0 Å². The number of nitrogens with zero attached hydrogens (tertiary/aromatic N) is 1. The van der Waals surface area contributed by atoms with E-state index in [1.807, 2.05) is 0 Å². The third kappa shape index (κ3) is 1.56. The Balaban J connectivity index is 2.43. The Morgan fingerprint density at radius 3 is 3.09 bits per heavy atom. The van der Waals surface area contributed by atoms with Crippen LogP contribution in [0, 0.1) is 3.57 Å². The van der Waals surface area contributed by atoms with Gasteiger partial charge in [-0.05, 0) is 52.3 Å². The molecule has 0 aromatic heterocycles. The minimum Gasteiger partial charge on any atom is -0.237 e. The second kappa shape index (κ2) is 3.11. The second-order valence-electron chi connectivity index (χ2n) is 2.77. The smallest absolute Gasteiger partial charge is 0.0387 e. The Morgan fingerprint density at radius 2 is 2.18 bits per heavy atom. The molecule has 0 N–H and O–H groups in total. The van der Waals surface area contributed by atoms with Crippen LogP contribution in [0.1, 0.15) is 11.1 Å². The van der Waals surface area contributed by atoms with E-state index in [0.29, 0.717) is 0 Å². The summed E-state index contributed by atoms with van der Waals surface area (Å²) in [6.45, 7) is 1.93. The topological polar surface area (TPSA) is 14.1 Å². The van der Waals surface area contributed by atoms with Gasteiger partial charge in [0.25, 0.3) is 0 Å². The van der Waals surface area contributed by atoms with Crippen LogP contribution in [0.5, 0.6) is 0 Å². The molecule has 2 rings (SSSR count). The van der Waals surface area contributed by atoms with Crippen molar-refractivity contribution in [3.8, 4) is 0 Å². The van der Waals surface area contributed by atoms with Crippen LogP contribution in [-0.4, -0.2) is 6.54 Å². The summed E-state index contributed by atoms with van der Waals surface area (Å²) in [5.74, 6) is 0. The Morgan fingerprint density at radius 1 is 1.27 bits per heavy atom. The number of benzene rings is 1. The molecule has 11 heavy (non-hydrogen) atoms. The number of hydrogen-bond donors (Lipinski definition) is 0. The molecule has 2 heteroatoms. The second-order valence-corrected chi connectivity index (χ2v) is 4.01. The highest BCUT2D eigenvalue weighted by molar-refractivity contribution is 14.1. The molecule has 0 unspecified atom stereocenters. The summed E-state index contributed by atoms with van der Waals surface area (Å²) < 4.78 is 1.34. The van der Waals surface area contributed by atoms with E-state index in [1.54, 1.807) is 0 Å². The van der Waals surface area contributed by atoms with Crippen LogP contribution in [0.25, 0.3) is 0 Å². The molecule has 0 atom stereocenters. The third-order valence-electron chi connectivity index (χ3n) is 1.99. The predicted molar refractivity (Wildman–Crippen MR) is 53.6 cm³/mol. The SMILES string of the molecule is Ic1ccc2c(c1)CC[N]C2. The third-order valence-corrected chi connectivity index (χ3v) is 2.66. The van der Waals surface area contributed by atoms with Crippen LogP contribution in [0.15, 0.2) is 18.2 Å². The average Bonchev–Trinajstić information content (AvgIpc) is 2.04. The Bertz CT molecular complexity index is 270. The maximum atomic E-state index is 4.35. The first-order chi connectivity index (χ1) is 5.36. The van der Waals surface area contributed by atoms with E-state index >= 15 is 0 Å². The molecule has 1 aliphatic heterocycles. The lowest BCUT2D eigenvalue weighted by molar-refractivity contribution is 0.630. The van der Waals surface area contributed by atoms with E-state index in [1.165, 1.54) is 14.7 Å². The minimum atomic E-state index is 0.923. The Hall–Kier alpha value is -0.0900. The van der Waals surface area contributed by atoms with Gasteiger partial charge in [0.1, 0.15) is 0 Å². The molecular formula is C9H9IN. The zero-order valence-electron chi connectivity index (χ0n) is 6.18. The van der Waals surface area contributed by atoms with E-state index in [4.69, 9.17) is 0 Å². The molecule has 1 aliphatic rings. The highest BCUT2D eigenvalue weighted by Gasteiger charge is 2.08. The summed E-state index contributed by atoms with van der Waals surface area (Å²) in [5, 5.41) is 4.35. The van der Waals surface area contributed by atoms with Crippen LogP contribution in [0.2, 0.25) is 0 Å². The van der Waals surface area contributed by atoms with Crippen LogP contribution >= 0.6 is 22.6 Å². The molecule has 0 aliphatic carbocycles. The van der Waals surface area contributed by atoms with Crippen LogP contribution in [-0.2, 0) is 13.0 Å². The van der Waals surface area contributed by atoms with Crippen LogP contribution < -0.4 is 5.32 Å². The van der Waals surface area contributed by atoms with Crippen LogP contribution in [0.4, 0.5) is 0 Å². The normalized spacial score (nSPS) is 16.1. The zero-order chi connectivity index (χ0) is 7.68. The van der Waals surface area contributed by atoms with Gasteiger partial charge in [-0.2, -0.15) is 0 Å². The number of fused-ring (bicyclic) bond motifs is 1. The summed E-state index contributed by atoms with van der Waals surface area (Å²) in [4.78, 5) is 0. The fourth-order valence-corrected chi connectivity index (χ4v) is 1.94. The molecule has 1 heterocycles. The van der Waals surface area contributed by atoms with Gasteiger partial charge in [-0.3, -0.25) is 0 Å².